The Bertz CT molecular complexity index is 224. The smallest absolute Gasteiger partial charge is 0.188 e. The molecule has 0 aliphatic carbocycles. The van der Waals surface area contributed by atoms with Crippen molar-refractivity contribution in [1.29, 1.82) is 0 Å². The Morgan fingerprint density at radius 3 is 2.87 bits per heavy atom. The minimum Gasteiger partial charge on any atom is -0.379 e. The van der Waals surface area contributed by atoms with Gasteiger partial charge in [-0.05, 0) is 13.3 Å². The molecule has 4 heteroatoms. The van der Waals surface area contributed by atoms with E-state index in [9.17, 15) is 0 Å². The summed E-state index contributed by atoms with van der Waals surface area (Å²) in [5, 5.41) is 2.95. The Morgan fingerprint density at radius 1 is 1.53 bits per heavy atom. The molecule has 0 aromatic rings. The first kappa shape index (κ1) is 13.7. The van der Waals surface area contributed by atoms with Crippen LogP contribution in [0, 0.1) is 0 Å². The van der Waals surface area contributed by atoms with Crippen LogP contribution in [0.2, 0.25) is 0 Å². The average Bonchev–Trinajstić information content (AvgIpc) is 2.20. The van der Waals surface area contributed by atoms with Gasteiger partial charge in [-0.25, -0.2) is 4.99 Å². The normalized spacial score (nSPS) is 11.1. The van der Waals surface area contributed by atoms with Gasteiger partial charge in [0, 0.05) is 6.54 Å². The van der Waals surface area contributed by atoms with Crippen LogP contribution in [0.1, 0.15) is 13.3 Å². The molecule has 0 spiro atoms. The fraction of sp³-hybridized carbons (Fsp3) is 0.545. The number of guanidine groups is 1. The zero-order valence-electron chi connectivity index (χ0n) is 9.46. The molecule has 3 N–H and O–H groups in total. The van der Waals surface area contributed by atoms with Gasteiger partial charge in [-0.1, -0.05) is 18.2 Å². The molecule has 0 aliphatic rings. The molecular weight excluding hydrogens is 190 g/mol. The van der Waals surface area contributed by atoms with Crippen molar-refractivity contribution in [2.45, 2.75) is 13.3 Å². The maximum absolute atomic E-state index is 5.59. The highest BCUT2D eigenvalue weighted by molar-refractivity contribution is 5.77. The Balaban J connectivity index is 3.37. The monoisotopic (exact) mass is 211 g/mol. The second kappa shape index (κ2) is 9.27. The lowest BCUT2D eigenvalue weighted by molar-refractivity contribution is 0.143. The Morgan fingerprint density at radius 2 is 2.27 bits per heavy atom. The van der Waals surface area contributed by atoms with E-state index in [2.05, 4.69) is 23.5 Å². The predicted octanol–water partition coefficient (Wildman–Crippen LogP) is 1.06. The molecule has 4 nitrogen and oxygen atoms in total. The molecule has 0 rings (SSSR count). The van der Waals surface area contributed by atoms with Crippen LogP contribution in [-0.2, 0) is 4.74 Å². The van der Waals surface area contributed by atoms with Crippen LogP contribution in [-0.4, -0.2) is 32.3 Å². The minimum absolute atomic E-state index is 0.435. The van der Waals surface area contributed by atoms with E-state index < -0.39 is 0 Å². The standard InChI is InChI=1S/C11H21N3O/c1-4-5-7-15-8-6-13-11(12)14-9-10(2)3/h4H,1-2,5-9H2,3H3,(H3,12,13,14). The summed E-state index contributed by atoms with van der Waals surface area (Å²) in [7, 11) is 0. The molecule has 0 unspecified atom stereocenters. The molecule has 0 aromatic heterocycles. The third-order valence-electron chi connectivity index (χ3n) is 1.54. The lowest BCUT2D eigenvalue weighted by atomic mass is 10.4. The van der Waals surface area contributed by atoms with Crippen molar-refractivity contribution < 1.29 is 4.74 Å². The Labute approximate surface area is 91.9 Å². The number of aliphatic imine (C=N–C) groups is 1. The average molecular weight is 211 g/mol. The van der Waals surface area contributed by atoms with Gasteiger partial charge in [-0.2, -0.15) is 0 Å². The van der Waals surface area contributed by atoms with Gasteiger partial charge in [0.2, 0.25) is 0 Å². The van der Waals surface area contributed by atoms with Gasteiger partial charge in [0.15, 0.2) is 5.96 Å². The van der Waals surface area contributed by atoms with Crippen LogP contribution in [0.15, 0.2) is 29.8 Å². The van der Waals surface area contributed by atoms with Crippen LogP contribution in [0.3, 0.4) is 0 Å². The highest BCUT2D eigenvalue weighted by Crippen LogP contribution is 1.85. The highest BCUT2D eigenvalue weighted by Gasteiger charge is 1.91. The van der Waals surface area contributed by atoms with E-state index in [0.29, 0.717) is 32.3 Å². The van der Waals surface area contributed by atoms with E-state index in [1.807, 2.05) is 13.0 Å². The summed E-state index contributed by atoms with van der Waals surface area (Å²) < 4.78 is 5.29. The van der Waals surface area contributed by atoms with Crippen LogP contribution in [0.25, 0.3) is 0 Å². The van der Waals surface area contributed by atoms with Crippen LogP contribution >= 0.6 is 0 Å². The number of nitrogens with zero attached hydrogens (tertiary/aromatic N) is 1. The van der Waals surface area contributed by atoms with Crippen molar-refractivity contribution in [3.05, 3.63) is 24.8 Å². The summed E-state index contributed by atoms with van der Waals surface area (Å²) in [4.78, 5) is 4.07. The fourth-order valence-corrected chi connectivity index (χ4v) is 0.796. The number of hydrogen-bond donors (Lipinski definition) is 2. The molecule has 0 bridgehead atoms. The van der Waals surface area contributed by atoms with Gasteiger partial charge >= 0.3 is 0 Å². The topological polar surface area (TPSA) is 59.6 Å². The first-order valence-corrected chi connectivity index (χ1v) is 5.03. The van der Waals surface area contributed by atoms with Crippen molar-refractivity contribution in [3.8, 4) is 0 Å². The molecule has 0 saturated carbocycles. The van der Waals surface area contributed by atoms with Gasteiger partial charge in [-0.15, -0.1) is 6.58 Å². The van der Waals surface area contributed by atoms with E-state index in [1.165, 1.54) is 0 Å². The molecule has 15 heavy (non-hydrogen) atoms. The van der Waals surface area contributed by atoms with E-state index in [-0.39, 0.29) is 0 Å². The first-order chi connectivity index (χ1) is 7.16. The lowest BCUT2D eigenvalue weighted by Crippen LogP contribution is -2.34. The Hall–Kier alpha value is -1.29. The van der Waals surface area contributed by atoms with E-state index in [1.54, 1.807) is 0 Å². The summed E-state index contributed by atoms with van der Waals surface area (Å²) in [5.41, 5.74) is 6.58. The Kier molecular flexibility index (Phi) is 8.47. The van der Waals surface area contributed by atoms with Crippen LogP contribution < -0.4 is 11.1 Å². The van der Waals surface area contributed by atoms with Crippen molar-refractivity contribution >= 4 is 5.96 Å². The number of nitrogens with two attached hydrogens (primary N) is 1. The molecule has 0 amide bonds. The van der Waals surface area contributed by atoms with Crippen LogP contribution in [0.4, 0.5) is 0 Å². The summed E-state index contributed by atoms with van der Waals surface area (Å²) in [6, 6.07) is 0. The SMILES string of the molecule is C=CCCOCCNC(N)=NCC(=C)C. The second-order valence-corrected chi connectivity index (χ2v) is 3.28. The summed E-state index contributed by atoms with van der Waals surface area (Å²) in [6.45, 7) is 11.8. The molecule has 0 saturated heterocycles. The molecule has 0 aromatic carbocycles. The molecule has 0 atom stereocenters. The van der Waals surface area contributed by atoms with E-state index >= 15 is 0 Å². The highest BCUT2D eigenvalue weighted by atomic mass is 16.5. The largest absolute Gasteiger partial charge is 0.379 e. The molecule has 0 radical (unpaired) electrons. The maximum Gasteiger partial charge on any atom is 0.188 e. The third-order valence-corrected chi connectivity index (χ3v) is 1.54. The maximum atomic E-state index is 5.59. The summed E-state index contributed by atoms with van der Waals surface area (Å²) >= 11 is 0. The van der Waals surface area contributed by atoms with Gasteiger partial charge in [-0.3, -0.25) is 0 Å². The second-order valence-electron chi connectivity index (χ2n) is 3.28. The molecule has 0 heterocycles. The zero-order valence-corrected chi connectivity index (χ0v) is 9.46. The quantitative estimate of drug-likeness (QED) is 0.273. The van der Waals surface area contributed by atoms with Gasteiger partial charge in [0.25, 0.3) is 0 Å². The van der Waals surface area contributed by atoms with Crippen molar-refractivity contribution in [3.63, 3.8) is 0 Å². The van der Waals surface area contributed by atoms with Crippen molar-refractivity contribution in [2.75, 3.05) is 26.3 Å². The number of ether oxygens (including phenoxy) is 1. The van der Waals surface area contributed by atoms with Gasteiger partial charge < -0.3 is 15.8 Å². The lowest BCUT2D eigenvalue weighted by Gasteiger charge is -2.05. The molecule has 86 valence electrons. The van der Waals surface area contributed by atoms with Crippen LogP contribution in [0.5, 0.6) is 0 Å². The fourth-order valence-electron chi connectivity index (χ4n) is 0.796. The first-order valence-electron chi connectivity index (χ1n) is 5.03. The number of rotatable bonds is 8. The van der Waals surface area contributed by atoms with Crippen molar-refractivity contribution in [2.24, 2.45) is 10.7 Å². The number of nitrogens with one attached hydrogen (secondary N) is 1. The van der Waals surface area contributed by atoms with Gasteiger partial charge in [0.05, 0.1) is 19.8 Å². The predicted molar refractivity (Wildman–Crippen MR) is 64.9 cm³/mol. The molecule has 0 aliphatic heterocycles. The summed E-state index contributed by atoms with van der Waals surface area (Å²) in [6.07, 6.45) is 2.70. The third kappa shape index (κ3) is 10.6. The zero-order chi connectivity index (χ0) is 11.5. The van der Waals surface area contributed by atoms with Crippen molar-refractivity contribution in [1.82, 2.24) is 5.32 Å². The van der Waals surface area contributed by atoms with Gasteiger partial charge in [0.1, 0.15) is 0 Å². The minimum atomic E-state index is 0.435. The number of hydrogen-bond acceptors (Lipinski definition) is 2. The van der Waals surface area contributed by atoms with E-state index in [4.69, 9.17) is 10.5 Å². The van der Waals surface area contributed by atoms with E-state index in [0.717, 1.165) is 12.0 Å². The summed E-state index contributed by atoms with van der Waals surface area (Å²) in [5.74, 6) is 0.435. The molecular formula is C11H21N3O. The molecule has 0 fully saturated rings.